The second-order valence-corrected chi connectivity index (χ2v) is 4.99. The van der Waals surface area contributed by atoms with Crippen molar-refractivity contribution in [1.29, 1.82) is 0 Å². The van der Waals surface area contributed by atoms with E-state index in [1.807, 2.05) is 0 Å². The van der Waals surface area contributed by atoms with Crippen LogP contribution >= 0.6 is 0 Å². The minimum absolute atomic E-state index is 0.133. The Morgan fingerprint density at radius 2 is 1.82 bits per heavy atom. The van der Waals surface area contributed by atoms with E-state index in [0.29, 0.717) is 0 Å². The Bertz CT molecular complexity index is 360. The van der Waals surface area contributed by atoms with Crippen LogP contribution in [0.25, 0.3) is 0 Å². The molecule has 2 aliphatic rings. The van der Waals surface area contributed by atoms with Gasteiger partial charge in [0.2, 0.25) is 0 Å². The van der Waals surface area contributed by atoms with Crippen LogP contribution in [0, 0.1) is 0 Å². The summed E-state index contributed by atoms with van der Waals surface area (Å²) in [4.78, 5) is 2.54. The average molecular weight is 233 g/mol. The number of ether oxygens (including phenoxy) is 2. The van der Waals surface area contributed by atoms with Gasteiger partial charge in [-0.2, -0.15) is 0 Å². The van der Waals surface area contributed by atoms with E-state index in [0.717, 1.165) is 45.9 Å². The summed E-state index contributed by atoms with van der Waals surface area (Å²) in [5.41, 5.74) is 1.51. The van der Waals surface area contributed by atoms with E-state index in [9.17, 15) is 0 Å². The summed E-state index contributed by atoms with van der Waals surface area (Å²) in [6, 6.07) is 10.7. The normalized spacial score (nSPS) is 29.9. The Kier molecular flexibility index (Phi) is 3.14. The van der Waals surface area contributed by atoms with Crippen LogP contribution in [0.1, 0.15) is 12.0 Å². The van der Waals surface area contributed by atoms with Crippen molar-refractivity contribution in [2.75, 3.05) is 33.0 Å². The van der Waals surface area contributed by atoms with Crippen LogP contribution in [-0.2, 0) is 16.0 Å². The SMILES string of the molecule is c1ccc(CN2CCOCC23CCOC3)cc1. The van der Waals surface area contributed by atoms with Crippen LogP contribution in [-0.4, -0.2) is 43.4 Å². The molecular weight excluding hydrogens is 214 g/mol. The molecule has 0 N–H and O–H groups in total. The van der Waals surface area contributed by atoms with Crippen molar-refractivity contribution in [3.63, 3.8) is 0 Å². The van der Waals surface area contributed by atoms with Gasteiger partial charge in [0.05, 0.1) is 25.4 Å². The van der Waals surface area contributed by atoms with Crippen molar-refractivity contribution in [3.8, 4) is 0 Å². The van der Waals surface area contributed by atoms with Crippen LogP contribution in [0.15, 0.2) is 30.3 Å². The zero-order valence-electron chi connectivity index (χ0n) is 10.1. The van der Waals surface area contributed by atoms with Crippen molar-refractivity contribution >= 4 is 0 Å². The lowest BCUT2D eigenvalue weighted by Crippen LogP contribution is -2.56. The molecule has 1 aromatic rings. The Balaban J connectivity index is 1.76. The Morgan fingerprint density at radius 1 is 1.06 bits per heavy atom. The molecule has 0 saturated carbocycles. The van der Waals surface area contributed by atoms with Gasteiger partial charge in [-0.15, -0.1) is 0 Å². The zero-order valence-corrected chi connectivity index (χ0v) is 10.1. The molecule has 0 bridgehead atoms. The first kappa shape index (κ1) is 11.2. The van der Waals surface area contributed by atoms with Gasteiger partial charge in [-0.3, -0.25) is 4.90 Å². The predicted molar refractivity (Wildman–Crippen MR) is 65.8 cm³/mol. The summed E-state index contributed by atoms with van der Waals surface area (Å²) in [6.07, 6.45) is 1.10. The van der Waals surface area contributed by atoms with Crippen LogP contribution in [0.5, 0.6) is 0 Å². The van der Waals surface area contributed by atoms with E-state index in [1.54, 1.807) is 0 Å². The highest BCUT2D eigenvalue weighted by molar-refractivity contribution is 5.15. The third-order valence-electron chi connectivity index (χ3n) is 3.85. The highest BCUT2D eigenvalue weighted by Crippen LogP contribution is 2.30. The van der Waals surface area contributed by atoms with Gasteiger partial charge in [0.15, 0.2) is 0 Å². The van der Waals surface area contributed by atoms with Gasteiger partial charge in [-0.1, -0.05) is 30.3 Å². The topological polar surface area (TPSA) is 21.7 Å². The number of hydrogen-bond acceptors (Lipinski definition) is 3. The summed E-state index contributed by atoms with van der Waals surface area (Å²) in [5.74, 6) is 0. The first-order valence-corrected chi connectivity index (χ1v) is 6.34. The largest absolute Gasteiger partial charge is 0.379 e. The zero-order chi connectivity index (χ0) is 11.6. The summed E-state index contributed by atoms with van der Waals surface area (Å²) in [6.45, 7) is 5.37. The maximum atomic E-state index is 5.65. The van der Waals surface area contributed by atoms with Crippen LogP contribution < -0.4 is 0 Å². The van der Waals surface area contributed by atoms with E-state index >= 15 is 0 Å². The van der Waals surface area contributed by atoms with Gasteiger partial charge >= 0.3 is 0 Å². The Labute approximate surface area is 102 Å². The maximum Gasteiger partial charge on any atom is 0.0704 e. The molecule has 2 heterocycles. The van der Waals surface area contributed by atoms with Crippen molar-refractivity contribution in [3.05, 3.63) is 35.9 Å². The molecule has 17 heavy (non-hydrogen) atoms. The quantitative estimate of drug-likeness (QED) is 0.775. The molecule has 0 amide bonds. The lowest BCUT2D eigenvalue weighted by Gasteiger charge is -2.43. The van der Waals surface area contributed by atoms with Gasteiger partial charge in [0, 0.05) is 19.7 Å². The predicted octanol–water partition coefficient (Wildman–Crippen LogP) is 1.68. The molecule has 0 aliphatic carbocycles. The molecule has 3 rings (SSSR count). The van der Waals surface area contributed by atoms with Gasteiger partial charge < -0.3 is 9.47 Å². The molecule has 1 unspecified atom stereocenters. The first-order valence-electron chi connectivity index (χ1n) is 6.34. The van der Waals surface area contributed by atoms with Crippen molar-refractivity contribution < 1.29 is 9.47 Å². The van der Waals surface area contributed by atoms with Crippen LogP contribution in [0.4, 0.5) is 0 Å². The van der Waals surface area contributed by atoms with Crippen LogP contribution in [0.3, 0.4) is 0 Å². The first-order chi connectivity index (χ1) is 8.39. The monoisotopic (exact) mass is 233 g/mol. The minimum Gasteiger partial charge on any atom is -0.379 e. The van der Waals surface area contributed by atoms with Crippen molar-refractivity contribution in [2.24, 2.45) is 0 Å². The molecule has 2 fully saturated rings. The van der Waals surface area contributed by atoms with E-state index in [-0.39, 0.29) is 5.54 Å². The molecule has 3 nitrogen and oxygen atoms in total. The van der Waals surface area contributed by atoms with E-state index in [1.165, 1.54) is 5.56 Å². The molecule has 1 spiro atoms. The fraction of sp³-hybridized carbons (Fsp3) is 0.571. The van der Waals surface area contributed by atoms with E-state index < -0.39 is 0 Å². The number of morpholine rings is 1. The molecular formula is C14H19NO2. The highest BCUT2D eigenvalue weighted by Gasteiger charge is 2.42. The molecule has 3 heteroatoms. The molecule has 2 saturated heterocycles. The molecule has 1 aromatic carbocycles. The van der Waals surface area contributed by atoms with Crippen LogP contribution in [0.2, 0.25) is 0 Å². The van der Waals surface area contributed by atoms with Gasteiger partial charge in [0.1, 0.15) is 0 Å². The van der Waals surface area contributed by atoms with E-state index in [2.05, 4.69) is 35.2 Å². The molecule has 0 radical (unpaired) electrons. The smallest absolute Gasteiger partial charge is 0.0704 e. The molecule has 1 atom stereocenters. The van der Waals surface area contributed by atoms with E-state index in [4.69, 9.17) is 9.47 Å². The highest BCUT2D eigenvalue weighted by atomic mass is 16.5. The number of rotatable bonds is 2. The lowest BCUT2D eigenvalue weighted by atomic mass is 9.95. The van der Waals surface area contributed by atoms with Gasteiger partial charge in [-0.25, -0.2) is 0 Å². The van der Waals surface area contributed by atoms with Crippen molar-refractivity contribution in [1.82, 2.24) is 4.90 Å². The standard InChI is InChI=1S/C14H19NO2/c1-2-4-13(5-3-1)10-15-7-9-17-12-14(15)6-8-16-11-14/h1-5H,6-12H2. The Hall–Kier alpha value is -0.900. The fourth-order valence-electron chi connectivity index (χ4n) is 2.78. The molecule has 92 valence electrons. The number of hydrogen-bond donors (Lipinski definition) is 0. The summed E-state index contributed by atoms with van der Waals surface area (Å²) < 4.78 is 11.2. The number of benzene rings is 1. The average Bonchev–Trinajstić information content (AvgIpc) is 2.83. The third-order valence-corrected chi connectivity index (χ3v) is 3.85. The molecule has 0 aromatic heterocycles. The van der Waals surface area contributed by atoms with Gasteiger partial charge in [-0.05, 0) is 12.0 Å². The van der Waals surface area contributed by atoms with Crippen molar-refractivity contribution in [2.45, 2.75) is 18.5 Å². The summed E-state index contributed by atoms with van der Waals surface area (Å²) >= 11 is 0. The Morgan fingerprint density at radius 3 is 2.59 bits per heavy atom. The van der Waals surface area contributed by atoms with Gasteiger partial charge in [0.25, 0.3) is 0 Å². The minimum atomic E-state index is 0.133. The fourth-order valence-corrected chi connectivity index (χ4v) is 2.78. The summed E-state index contributed by atoms with van der Waals surface area (Å²) in [7, 11) is 0. The third kappa shape index (κ3) is 2.23. The maximum absolute atomic E-state index is 5.65. The lowest BCUT2D eigenvalue weighted by molar-refractivity contribution is -0.0749. The second-order valence-electron chi connectivity index (χ2n) is 4.99. The summed E-state index contributed by atoms with van der Waals surface area (Å²) in [5, 5.41) is 0. The number of nitrogens with zero attached hydrogens (tertiary/aromatic N) is 1. The second kappa shape index (κ2) is 4.77. The molecule has 2 aliphatic heterocycles.